The van der Waals surface area contributed by atoms with Gasteiger partial charge in [0.15, 0.2) is 18.3 Å². The Labute approximate surface area is 244 Å². The Balaban J connectivity index is 2.77. The van der Waals surface area contributed by atoms with Crippen LogP contribution in [0, 0.1) is 0 Å². The van der Waals surface area contributed by atoms with Crippen molar-refractivity contribution < 1.29 is 83.1 Å². The van der Waals surface area contributed by atoms with E-state index in [1.807, 2.05) is 0 Å². The van der Waals surface area contributed by atoms with E-state index >= 15 is 0 Å². The zero-order chi connectivity index (χ0) is 33.6. The Hall–Kier alpha value is -3.68. The van der Waals surface area contributed by atoms with Gasteiger partial charge in [-0.05, 0) is 6.08 Å². The summed E-state index contributed by atoms with van der Waals surface area (Å²) in [4.78, 5) is 62.0. The van der Waals surface area contributed by atoms with Crippen LogP contribution in [0.25, 0.3) is 0 Å². The maximum absolute atomic E-state index is 14.5. The van der Waals surface area contributed by atoms with Gasteiger partial charge in [0.05, 0.1) is 32.4 Å². The fourth-order valence-electron chi connectivity index (χ4n) is 4.29. The average Bonchev–Trinajstić information content (AvgIpc) is 2.93. The number of morpholine rings is 1. The van der Waals surface area contributed by atoms with Crippen LogP contribution in [0.15, 0.2) is 11.8 Å². The predicted octanol–water partition coefficient (Wildman–Crippen LogP) is 0.887. The number of hydrogen-bond donors (Lipinski definition) is 1. The van der Waals surface area contributed by atoms with Gasteiger partial charge in [-0.2, -0.15) is 30.7 Å². The highest BCUT2D eigenvalue weighted by Gasteiger charge is 2.76. The van der Waals surface area contributed by atoms with E-state index in [4.69, 9.17) is 23.7 Å². The molecule has 0 aromatic carbocycles. The molecule has 1 N–H and O–H groups in total. The lowest BCUT2D eigenvalue weighted by molar-refractivity contribution is -0.344. The van der Waals surface area contributed by atoms with Gasteiger partial charge in [0.25, 0.3) is 5.91 Å². The topological polar surface area (TPSA) is 156 Å². The van der Waals surface area contributed by atoms with Gasteiger partial charge in [0.1, 0.15) is 6.61 Å². The van der Waals surface area contributed by atoms with Crippen LogP contribution in [0.3, 0.4) is 0 Å². The minimum absolute atomic E-state index is 0.0116. The van der Waals surface area contributed by atoms with Crippen molar-refractivity contribution in [3.05, 3.63) is 11.8 Å². The number of halogens is 7. The van der Waals surface area contributed by atoms with Crippen molar-refractivity contribution in [3.63, 3.8) is 0 Å². The molecule has 1 amide bonds. The molecule has 1 fully saturated rings. The molecule has 0 bridgehead atoms. The number of esters is 4. The van der Waals surface area contributed by atoms with Crippen molar-refractivity contribution in [1.29, 1.82) is 0 Å². The number of nitrogens with one attached hydrogen (secondary N) is 1. The maximum Gasteiger partial charge on any atom is 0.460 e. The Morgan fingerprint density at radius 1 is 0.955 bits per heavy atom. The molecule has 0 aliphatic carbocycles. The highest BCUT2D eigenvalue weighted by atomic mass is 19.4. The van der Waals surface area contributed by atoms with Crippen molar-refractivity contribution in [2.45, 2.75) is 69.2 Å². The molecule has 13 nitrogen and oxygen atoms in total. The minimum Gasteiger partial charge on any atom is -0.477 e. The van der Waals surface area contributed by atoms with E-state index < -0.39 is 90.6 Å². The van der Waals surface area contributed by atoms with E-state index in [0.29, 0.717) is 0 Å². The van der Waals surface area contributed by atoms with Crippen LogP contribution in [0.1, 0.15) is 20.8 Å². The van der Waals surface area contributed by atoms with Crippen LogP contribution in [0.5, 0.6) is 0 Å². The number of carbonyl (C=O) groups excluding carboxylic acids is 5. The summed E-state index contributed by atoms with van der Waals surface area (Å²) in [5.41, 5.74) is 0. The highest BCUT2D eigenvalue weighted by molar-refractivity contribution is 5.87. The predicted molar refractivity (Wildman–Crippen MR) is 127 cm³/mol. The first-order chi connectivity index (χ1) is 20.2. The molecule has 2 aliphatic heterocycles. The van der Waals surface area contributed by atoms with Crippen LogP contribution in [-0.4, -0.2) is 123 Å². The van der Waals surface area contributed by atoms with Crippen molar-refractivity contribution in [2.24, 2.45) is 0 Å². The minimum atomic E-state index is -6.86. The molecule has 2 heterocycles. The van der Waals surface area contributed by atoms with Crippen LogP contribution < -0.4 is 5.32 Å². The molecular formula is C24H29F7N2O11. The maximum atomic E-state index is 14.5. The molecule has 20 heteroatoms. The van der Waals surface area contributed by atoms with Crippen molar-refractivity contribution in [3.8, 4) is 0 Å². The van der Waals surface area contributed by atoms with Crippen LogP contribution in [-0.2, 0) is 52.4 Å². The van der Waals surface area contributed by atoms with Gasteiger partial charge in [0, 0.05) is 33.9 Å². The number of methoxy groups -OCH3 is 1. The number of rotatable bonds is 11. The quantitative estimate of drug-likeness (QED) is 0.191. The molecule has 2 aliphatic rings. The summed E-state index contributed by atoms with van der Waals surface area (Å²) in [5, 5.41) is 1.43. The van der Waals surface area contributed by atoms with Crippen LogP contribution in [0.4, 0.5) is 30.7 Å². The summed E-state index contributed by atoms with van der Waals surface area (Å²) in [6, 6.07) is -3.64. The van der Waals surface area contributed by atoms with E-state index in [1.54, 1.807) is 0 Å². The smallest absolute Gasteiger partial charge is 0.460 e. The standard InChI is InChI=1S/C24H29F7N2O11/c1-11(34)41-10-16(42-12(2)35)18(43-13(3)36)19-17(32-21(38)22(25,26)23(27,28)24(29,30)31)14(33-5-7-40-8-6-33)9-15(44-19)20(37)39-4/h9,14,16-19H,5-8,10H2,1-4H3,(H,32,38)/t14-,16+,17+,18+,19+/m0/s1. The summed E-state index contributed by atoms with van der Waals surface area (Å²) < 4.78 is 126. The SMILES string of the molecule is COC(=O)C1=C[C@H](N2CCOCC2)[C@@H](NC(=O)C(F)(F)C(F)(F)C(F)(F)F)[C@H]([C@H](OC(C)=O)[C@@H](COC(C)=O)OC(C)=O)O1. The summed E-state index contributed by atoms with van der Waals surface area (Å²) in [6.45, 7) is 1.59. The second-order valence-corrected chi connectivity index (χ2v) is 9.41. The highest BCUT2D eigenvalue weighted by Crippen LogP contribution is 2.46. The summed E-state index contributed by atoms with van der Waals surface area (Å²) >= 11 is 0. The molecule has 0 aromatic rings. The zero-order valence-electron chi connectivity index (χ0n) is 23.6. The molecule has 5 atom stereocenters. The lowest BCUT2D eigenvalue weighted by atomic mass is 9.90. The van der Waals surface area contributed by atoms with Crippen molar-refractivity contribution in [1.82, 2.24) is 10.2 Å². The number of carbonyl (C=O) groups is 5. The number of alkyl halides is 7. The summed E-state index contributed by atoms with van der Waals surface area (Å²) in [5.74, 6) is -21.5. The van der Waals surface area contributed by atoms with E-state index in [-0.39, 0.29) is 26.3 Å². The Kier molecular flexibility index (Phi) is 11.9. The Bertz CT molecular complexity index is 1130. The van der Waals surface area contributed by atoms with Gasteiger partial charge < -0.3 is 33.7 Å². The lowest BCUT2D eigenvalue weighted by Gasteiger charge is -2.46. The van der Waals surface area contributed by atoms with Crippen molar-refractivity contribution >= 4 is 29.8 Å². The van der Waals surface area contributed by atoms with Gasteiger partial charge >= 0.3 is 41.9 Å². The van der Waals surface area contributed by atoms with Crippen LogP contribution >= 0.6 is 0 Å². The average molecular weight is 654 g/mol. The second kappa shape index (κ2) is 14.4. The third-order valence-corrected chi connectivity index (χ3v) is 6.25. The number of amides is 1. The largest absolute Gasteiger partial charge is 0.477 e. The van der Waals surface area contributed by atoms with E-state index in [1.165, 1.54) is 10.2 Å². The molecule has 0 aromatic heterocycles. The van der Waals surface area contributed by atoms with E-state index in [2.05, 4.69) is 4.74 Å². The van der Waals surface area contributed by atoms with Gasteiger partial charge in [-0.15, -0.1) is 0 Å². The summed E-state index contributed by atoms with van der Waals surface area (Å²) in [7, 11) is 0.908. The molecule has 0 spiro atoms. The van der Waals surface area contributed by atoms with Gasteiger partial charge in [-0.25, -0.2) is 4.79 Å². The third-order valence-electron chi connectivity index (χ3n) is 6.25. The molecule has 250 valence electrons. The second-order valence-electron chi connectivity index (χ2n) is 9.41. The zero-order valence-corrected chi connectivity index (χ0v) is 23.6. The molecule has 0 radical (unpaired) electrons. The number of nitrogens with zero attached hydrogens (tertiary/aromatic N) is 1. The van der Waals surface area contributed by atoms with Crippen molar-refractivity contribution in [2.75, 3.05) is 40.0 Å². The number of ether oxygens (including phenoxy) is 6. The van der Waals surface area contributed by atoms with Gasteiger partial charge in [0.2, 0.25) is 5.76 Å². The summed E-state index contributed by atoms with van der Waals surface area (Å²) in [6.07, 6.45) is -12.0. The molecule has 2 rings (SSSR count). The fraction of sp³-hybridized carbons (Fsp3) is 0.708. The molecule has 0 unspecified atom stereocenters. The van der Waals surface area contributed by atoms with Gasteiger partial charge in [-0.1, -0.05) is 0 Å². The molecule has 44 heavy (non-hydrogen) atoms. The van der Waals surface area contributed by atoms with Crippen LogP contribution in [0.2, 0.25) is 0 Å². The third kappa shape index (κ3) is 8.48. The van der Waals surface area contributed by atoms with Gasteiger partial charge in [-0.3, -0.25) is 24.1 Å². The first kappa shape index (κ1) is 36.5. The molecular weight excluding hydrogens is 625 g/mol. The first-order valence-corrected chi connectivity index (χ1v) is 12.6. The Morgan fingerprint density at radius 2 is 1.52 bits per heavy atom. The Morgan fingerprint density at radius 3 is 2.00 bits per heavy atom. The van der Waals surface area contributed by atoms with E-state index in [0.717, 1.165) is 34.0 Å². The fourth-order valence-corrected chi connectivity index (χ4v) is 4.29. The molecule has 1 saturated heterocycles. The first-order valence-electron chi connectivity index (χ1n) is 12.6. The monoisotopic (exact) mass is 654 g/mol. The molecule has 0 saturated carbocycles. The van der Waals surface area contributed by atoms with E-state index in [9.17, 15) is 54.7 Å². The normalized spacial score (nSPS) is 22.8. The lowest BCUT2D eigenvalue weighted by Crippen LogP contribution is -2.69. The number of hydrogen-bond acceptors (Lipinski definition) is 12.